The van der Waals surface area contributed by atoms with E-state index in [1.165, 1.54) is 5.56 Å². The quantitative estimate of drug-likeness (QED) is 0.798. The van der Waals surface area contributed by atoms with E-state index in [2.05, 4.69) is 22.8 Å². The Morgan fingerprint density at radius 2 is 1.86 bits per heavy atom. The number of benzene rings is 2. The summed E-state index contributed by atoms with van der Waals surface area (Å²) in [6, 6.07) is 15.6. The Bertz CT molecular complexity index is 599. The highest BCUT2D eigenvalue weighted by Gasteiger charge is 2.06. The topological polar surface area (TPSA) is 41.1 Å². The van der Waals surface area contributed by atoms with Gasteiger partial charge >= 0.3 is 0 Å². The van der Waals surface area contributed by atoms with Gasteiger partial charge in [0.25, 0.3) is 0 Å². The van der Waals surface area contributed by atoms with Crippen LogP contribution in [0.25, 0.3) is 0 Å². The van der Waals surface area contributed by atoms with Gasteiger partial charge in [-0.15, -0.1) is 0 Å². The maximum absolute atomic E-state index is 11.9. The molecule has 0 radical (unpaired) electrons. The van der Waals surface area contributed by atoms with Gasteiger partial charge in [0.2, 0.25) is 5.91 Å². The SMILES string of the molecule is Cc1c(Cl)cccc1NC(=O)CCNCc1ccccc1. The number of hydrogen-bond donors (Lipinski definition) is 2. The molecule has 0 aromatic heterocycles. The molecule has 0 saturated carbocycles. The summed E-state index contributed by atoms with van der Waals surface area (Å²) in [5, 5.41) is 6.81. The molecule has 1 amide bonds. The molecule has 2 rings (SSSR count). The van der Waals surface area contributed by atoms with Crippen molar-refractivity contribution >= 4 is 23.2 Å². The Morgan fingerprint density at radius 1 is 1.10 bits per heavy atom. The molecule has 0 bridgehead atoms. The van der Waals surface area contributed by atoms with E-state index in [1.54, 1.807) is 0 Å². The summed E-state index contributed by atoms with van der Waals surface area (Å²) in [6.07, 6.45) is 0.429. The zero-order chi connectivity index (χ0) is 15.1. The third-order valence-corrected chi connectivity index (χ3v) is 3.65. The lowest BCUT2D eigenvalue weighted by molar-refractivity contribution is -0.116. The van der Waals surface area contributed by atoms with Crippen LogP contribution in [0.3, 0.4) is 0 Å². The minimum atomic E-state index is -0.0130. The van der Waals surface area contributed by atoms with Crippen LogP contribution in [0.5, 0.6) is 0 Å². The highest BCUT2D eigenvalue weighted by atomic mass is 35.5. The van der Waals surface area contributed by atoms with Gasteiger partial charge in [0.05, 0.1) is 0 Å². The van der Waals surface area contributed by atoms with E-state index >= 15 is 0 Å². The van der Waals surface area contributed by atoms with Gasteiger partial charge in [-0.3, -0.25) is 4.79 Å². The van der Waals surface area contributed by atoms with Crippen LogP contribution in [0.15, 0.2) is 48.5 Å². The van der Waals surface area contributed by atoms with Crippen LogP contribution >= 0.6 is 11.6 Å². The molecule has 0 aliphatic rings. The van der Waals surface area contributed by atoms with E-state index in [1.807, 2.05) is 43.3 Å². The highest BCUT2D eigenvalue weighted by Crippen LogP contribution is 2.22. The fourth-order valence-corrected chi connectivity index (χ4v) is 2.16. The minimum absolute atomic E-state index is 0.0130. The van der Waals surface area contributed by atoms with Gasteiger partial charge in [-0.1, -0.05) is 48.0 Å². The molecule has 0 aliphatic carbocycles. The molecule has 0 aliphatic heterocycles. The van der Waals surface area contributed by atoms with Gasteiger partial charge in [-0.25, -0.2) is 0 Å². The predicted octanol–water partition coefficient (Wildman–Crippen LogP) is 3.77. The van der Waals surface area contributed by atoms with E-state index in [4.69, 9.17) is 11.6 Å². The van der Waals surface area contributed by atoms with Crippen molar-refractivity contribution in [2.24, 2.45) is 0 Å². The first-order valence-corrected chi connectivity index (χ1v) is 7.34. The normalized spacial score (nSPS) is 10.4. The number of carbonyl (C=O) groups excluding carboxylic acids is 1. The summed E-state index contributed by atoms with van der Waals surface area (Å²) < 4.78 is 0. The zero-order valence-electron chi connectivity index (χ0n) is 12.0. The van der Waals surface area contributed by atoms with Crippen molar-refractivity contribution in [3.63, 3.8) is 0 Å². The maximum Gasteiger partial charge on any atom is 0.225 e. The molecule has 0 spiro atoms. The van der Waals surface area contributed by atoms with Crippen LogP contribution in [-0.2, 0) is 11.3 Å². The number of rotatable bonds is 6. The Morgan fingerprint density at radius 3 is 2.62 bits per heavy atom. The first-order valence-electron chi connectivity index (χ1n) is 6.96. The van der Waals surface area contributed by atoms with Crippen molar-refractivity contribution < 1.29 is 4.79 Å². The van der Waals surface area contributed by atoms with Gasteiger partial charge in [0.1, 0.15) is 0 Å². The fourth-order valence-electron chi connectivity index (χ4n) is 1.99. The summed E-state index contributed by atoms with van der Waals surface area (Å²) >= 11 is 6.03. The monoisotopic (exact) mass is 302 g/mol. The van der Waals surface area contributed by atoms with Crippen molar-refractivity contribution in [1.29, 1.82) is 0 Å². The molecular weight excluding hydrogens is 284 g/mol. The summed E-state index contributed by atoms with van der Waals surface area (Å²) in [5.41, 5.74) is 2.88. The van der Waals surface area contributed by atoms with Crippen LogP contribution in [0, 0.1) is 6.92 Å². The average molecular weight is 303 g/mol. The van der Waals surface area contributed by atoms with Gasteiger partial charge in [0, 0.05) is 30.2 Å². The average Bonchev–Trinajstić information content (AvgIpc) is 2.49. The fraction of sp³-hybridized carbons (Fsp3) is 0.235. The lowest BCUT2D eigenvalue weighted by atomic mass is 10.2. The molecule has 0 atom stereocenters. The second-order valence-corrected chi connectivity index (χ2v) is 5.28. The van der Waals surface area contributed by atoms with E-state index < -0.39 is 0 Å². The summed E-state index contributed by atoms with van der Waals surface area (Å²) in [4.78, 5) is 11.9. The molecule has 2 N–H and O–H groups in total. The van der Waals surface area contributed by atoms with Crippen molar-refractivity contribution in [3.8, 4) is 0 Å². The summed E-state index contributed by atoms with van der Waals surface area (Å²) in [7, 11) is 0. The molecule has 0 fully saturated rings. The van der Waals surface area contributed by atoms with Crippen LogP contribution in [-0.4, -0.2) is 12.5 Å². The number of amides is 1. The van der Waals surface area contributed by atoms with E-state index in [9.17, 15) is 4.79 Å². The second-order valence-electron chi connectivity index (χ2n) is 4.87. The molecule has 3 nitrogen and oxygen atoms in total. The van der Waals surface area contributed by atoms with Crippen molar-refractivity contribution in [2.75, 3.05) is 11.9 Å². The van der Waals surface area contributed by atoms with Crippen molar-refractivity contribution in [2.45, 2.75) is 19.9 Å². The Hall–Kier alpha value is -1.84. The molecule has 110 valence electrons. The molecule has 2 aromatic carbocycles. The highest BCUT2D eigenvalue weighted by molar-refractivity contribution is 6.31. The lowest BCUT2D eigenvalue weighted by Crippen LogP contribution is -2.21. The number of halogens is 1. The van der Waals surface area contributed by atoms with Gasteiger partial charge in [-0.2, -0.15) is 0 Å². The maximum atomic E-state index is 11.9. The largest absolute Gasteiger partial charge is 0.326 e. The smallest absolute Gasteiger partial charge is 0.225 e. The van der Waals surface area contributed by atoms with Crippen LogP contribution in [0.1, 0.15) is 17.5 Å². The third-order valence-electron chi connectivity index (χ3n) is 3.24. The number of anilines is 1. The molecule has 2 aromatic rings. The molecule has 0 heterocycles. The molecule has 21 heavy (non-hydrogen) atoms. The predicted molar refractivity (Wildman–Crippen MR) is 87.6 cm³/mol. The minimum Gasteiger partial charge on any atom is -0.326 e. The van der Waals surface area contributed by atoms with Gasteiger partial charge in [0.15, 0.2) is 0 Å². The van der Waals surface area contributed by atoms with Gasteiger partial charge in [-0.05, 0) is 30.2 Å². The summed E-state index contributed by atoms with van der Waals surface area (Å²) in [6.45, 7) is 3.30. The summed E-state index contributed by atoms with van der Waals surface area (Å²) in [5.74, 6) is -0.0130. The van der Waals surface area contributed by atoms with Crippen LogP contribution in [0.4, 0.5) is 5.69 Å². The molecular formula is C17H19ClN2O. The van der Waals surface area contributed by atoms with E-state index in [0.29, 0.717) is 18.0 Å². The molecule has 0 saturated heterocycles. The lowest BCUT2D eigenvalue weighted by Gasteiger charge is -2.10. The van der Waals surface area contributed by atoms with E-state index in [-0.39, 0.29) is 5.91 Å². The standard InChI is InChI=1S/C17H19ClN2O/c1-13-15(18)8-5-9-16(13)20-17(21)10-11-19-12-14-6-3-2-4-7-14/h2-9,19H,10-12H2,1H3,(H,20,21). The van der Waals surface area contributed by atoms with Gasteiger partial charge < -0.3 is 10.6 Å². The third kappa shape index (κ3) is 4.88. The Labute approximate surface area is 130 Å². The van der Waals surface area contributed by atoms with Crippen LogP contribution in [0.2, 0.25) is 5.02 Å². The number of hydrogen-bond acceptors (Lipinski definition) is 2. The Kier molecular flexibility index (Phi) is 5.78. The molecule has 0 unspecified atom stereocenters. The van der Waals surface area contributed by atoms with Crippen LogP contribution < -0.4 is 10.6 Å². The Balaban J connectivity index is 1.74. The first-order chi connectivity index (χ1) is 10.2. The second kappa shape index (κ2) is 7.81. The first kappa shape index (κ1) is 15.5. The number of carbonyl (C=O) groups is 1. The van der Waals surface area contributed by atoms with E-state index in [0.717, 1.165) is 17.8 Å². The zero-order valence-corrected chi connectivity index (χ0v) is 12.8. The van der Waals surface area contributed by atoms with Crippen molar-refractivity contribution in [1.82, 2.24) is 5.32 Å². The molecule has 4 heteroatoms. The van der Waals surface area contributed by atoms with Crippen molar-refractivity contribution in [3.05, 3.63) is 64.7 Å². The number of nitrogens with one attached hydrogen (secondary N) is 2.